The van der Waals surface area contributed by atoms with Crippen LogP contribution in [0.1, 0.15) is 21.6 Å². The molecule has 0 bridgehead atoms. The number of esters is 1. The molecule has 0 saturated carbocycles. The van der Waals surface area contributed by atoms with Crippen LogP contribution in [0.15, 0.2) is 36.5 Å². The van der Waals surface area contributed by atoms with Crippen molar-refractivity contribution in [1.29, 1.82) is 0 Å². The summed E-state index contributed by atoms with van der Waals surface area (Å²) in [6, 6.07) is 8.58. The van der Waals surface area contributed by atoms with Crippen LogP contribution < -0.4 is 4.74 Å². The highest BCUT2D eigenvalue weighted by molar-refractivity contribution is 6.32. The smallest absolute Gasteiger partial charge is 0.362 e. The Morgan fingerprint density at radius 3 is 2.61 bits per heavy atom. The number of aryl methyl sites for hydroxylation is 2. The van der Waals surface area contributed by atoms with E-state index in [9.17, 15) is 4.79 Å². The molecule has 0 saturated heterocycles. The first-order valence-electron chi connectivity index (χ1n) is 5.48. The topological polar surface area (TPSA) is 39.2 Å². The third kappa shape index (κ3) is 2.68. The van der Waals surface area contributed by atoms with E-state index in [0.29, 0.717) is 10.8 Å². The van der Waals surface area contributed by atoms with Crippen LogP contribution in [0.4, 0.5) is 0 Å². The molecule has 0 aliphatic heterocycles. The minimum Gasteiger partial charge on any atom is -0.420 e. The molecule has 1 aromatic carbocycles. The number of benzene rings is 1. The molecular weight excluding hydrogens is 250 g/mol. The first-order chi connectivity index (χ1) is 8.58. The van der Waals surface area contributed by atoms with Crippen molar-refractivity contribution in [3.63, 3.8) is 0 Å². The zero-order chi connectivity index (χ0) is 13.1. The Morgan fingerprint density at radius 1 is 1.22 bits per heavy atom. The first kappa shape index (κ1) is 12.6. The lowest BCUT2D eigenvalue weighted by Crippen LogP contribution is -2.10. The van der Waals surface area contributed by atoms with Gasteiger partial charge in [0.25, 0.3) is 0 Å². The highest BCUT2D eigenvalue weighted by atomic mass is 35.5. The van der Waals surface area contributed by atoms with Gasteiger partial charge in [0.1, 0.15) is 11.4 Å². The van der Waals surface area contributed by atoms with E-state index in [4.69, 9.17) is 16.3 Å². The second-order valence-corrected chi connectivity index (χ2v) is 4.38. The molecule has 3 nitrogen and oxygen atoms in total. The summed E-state index contributed by atoms with van der Waals surface area (Å²) in [6.45, 7) is 3.88. The lowest BCUT2D eigenvalue weighted by molar-refractivity contribution is 0.0728. The Hall–Kier alpha value is -1.87. The predicted octanol–water partition coefficient (Wildman–Crippen LogP) is 3.57. The van der Waals surface area contributed by atoms with E-state index in [2.05, 4.69) is 4.98 Å². The third-order valence-corrected chi connectivity index (χ3v) is 2.92. The number of carbonyl (C=O) groups excluding carboxylic acids is 1. The molecule has 0 atom stereocenters. The van der Waals surface area contributed by atoms with Crippen LogP contribution >= 0.6 is 11.6 Å². The van der Waals surface area contributed by atoms with E-state index in [0.717, 1.165) is 11.1 Å². The van der Waals surface area contributed by atoms with Gasteiger partial charge in [0.05, 0.1) is 5.02 Å². The molecule has 2 rings (SSSR count). The molecule has 0 aliphatic carbocycles. The van der Waals surface area contributed by atoms with Crippen LogP contribution in [-0.4, -0.2) is 11.0 Å². The number of nitrogens with zero attached hydrogens (tertiary/aromatic N) is 1. The number of hydrogen-bond acceptors (Lipinski definition) is 3. The van der Waals surface area contributed by atoms with Gasteiger partial charge < -0.3 is 4.74 Å². The molecule has 4 heteroatoms. The van der Waals surface area contributed by atoms with Crippen LogP contribution in [0, 0.1) is 13.8 Å². The van der Waals surface area contributed by atoms with Crippen LogP contribution in [0.3, 0.4) is 0 Å². The fraction of sp³-hybridized carbons (Fsp3) is 0.143. The standard InChI is InChI=1S/C14H12ClNO2/c1-9-7-11(15)13(8-10(9)2)18-14(17)12-5-3-4-6-16-12/h3-8H,1-2H3. The van der Waals surface area contributed by atoms with E-state index in [1.807, 2.05) is 13.8 Å². The minimum atomic E-state index is -0.513. The van der Waals surface area contributed by atoms with Gasteiger partial charge in [-0.2, -0.15) is 0 Å². The van der Waals surface area contributed by atoms with Crippen LogP contribution in [0.2, 0.25) is 5.02 Å². The minimum absolute atomic E-state index is 0.256. The molecular formula is C14H12ClNO2. The van der Waals surface area contributed by atoms with Crippen molar-refractivity contribution < 1.29 is 9.53 Å². The van der Waals surface area contributed by atoms with Gasteiger partial charge in [-0.3, -0.25) is 0 Å². The van der Waals surface area contributed by atoms with Crippen molar-refractivity contribution in [3.05, 3.63) is 58.4 Å². The zero-order valence-electron chi connectivity index (χ0n) is 10.1. The van der Waals surface area contributed by atoms with E-state index >= 15 is 0 Å². The molecule has 2 aromatic rings. The van der Waals surface area contributed by atoms with E-state index in [1.165, 1.54) is 0 Å². The lowest BCUT2D eigenvalue weighted by Gasteiger charge is -2.08. The predicted molar refractivity (Wildman–Crippen MR) is 70.1 cm³/mol. The molecule has 0 aliphatic rings. The highest BCUT2D eigenvalue weighted by Crippen LogP contribution is 2.28. The summed E-state index contributed by atoms with van der Waals surface area (Å²) >= 11 is 6.04. The summed E-state index contributed by atoms with van der Waals surface area (Å²) in [5.74, 6) is -0.156. The van der Waals surface area contributed by atoms with Gasteiger partial charge in [0.2, 0.25) is 0 Å². The van der Waals surface area contributed by atoms with Gasteiger partial charge in [-0.25, -0.2) is 9.78 Å². The number of hydrogen-bond donors (Lipinski definition) is 0. The van der Waals surface area contributed by atoms with Gasteiger partial charge >= 0.3 is 5.97 Å². The molecule has 18 heavy (non-hydrogen) atoms. The third-order valence-electron chi connectivity index (χ3n) is 2.62. The largest absolute Gasteiger partial charge is 0.420 e. The maximum atomic E-state index is 11.8. The fourth-order valence-corrected chi connectivity index (χ4v) is 1.73. The first-order valence-corrected chi connectivity index (χ1v) is 5.85. The zero-order valence-corrected chi connectivity index (χ0v) is 10.9. The average Bonchev–Trinajstić information content (AvgIpc) is 2.37. The van der Waals surface area contributed by atoms with Crippen molar-refractivity contribution in [3.8, 4) is 5.75 Å². The molecule has 1 heterocycles. The van der Waals surface area contributed by atoms with Crippen LogP contribution in [0.5, 0.6) is 5.75 Å². The maximum absolute atomic E-state index is 11.8. The average molecular weight is 262 g/mol. The lowest BCUT2D eigenvalue weighted by atomic mass is 10.1. The SMILES string of the molecule is Cc1cc(Cl)c(OC(=O)c2ccccn2)cc1C. The number of halogens is 1. The summed E-state index contributed by atoms with van der Waals surface area (Å²) in [7, 11) is 0. The summed E-state index contributed by atoms with van der Waals surface area (Å²) in [5, 5.41) is 0.419. The Kier molecular flexibility index (Phi) is 3.63. The second-order valence-electron chi connectivity index (χ2n) is 3.97. The number of aromatic nitrogens is 1. The van der Waals surface area contributed by atoms with Gasteiger partial charge in [-0.1, -0.05) is 17.7 Å². The molecule has 92 valence electrons. The summed E-state index contributed by atoms with van der Waals surface area (Å²) in [6.07, 6.45) is 1.54. The van der Waals surface area contributed by atoms with E-state index < -0.39 is 5.97 Å². The Balaban J connectivity index is 2.25. The van der Waals surface area contributed by atoms with E-state index in [1.54, 1.807) is 36.5 Å². The van der Waals surface area contributed by atoms with Crippen molar-refractivity contribution >= 4 is 17.6 Å². The molecule has 0 unspecified atom stereocenters. The molecule has 0 spiro atoms. The van der Waals surface area contributed by atoms with E-state index in [-0.39, 0.29) is 5.69 Å². The maximum Gasteiger partial charge on any atom is 0.362 e. The van der Waals surface area contributed by atoms with Crippen molar-refractivity contribution in [2.75, 3.05) is 0 Å². The van der Waals surface area contributed by atoms with Crippen molar-refractivity contribution in [1.82, 2.24) is 4.98 Å². The normalized spacial score (nSPS) is 10.2. The van der Waals surface area contributed by atoms with Crippen molar-refractivity contribution in [2.45, 2.75) is 13.8 Å². The van der Waals surface area contributed by atoms with Gasteiger partial charge in [-0.15, -0.1) is 0 Å². The van der Waals surface area contributed by atoms with Gasteiger partial charge in [-0.05, 0) is 49.2 Å². The summed E-state index contributed by atoms with van der Waals surface area (Å²) in [5.41, 5.74) is 2.33. The summed E-state index contributed by atoms with van der Waals surface area (Å²) < 4.78 is 5.23. The summed E-state index contributed by atoms with van der Waals surface area (Å²) in [4.78, 5) is 15.7. The van der Waals surface area contributed by atoms with Crippen molar-refractivity contribution in [2.24, 2.45) is 0 Å². The monoisotopic (exact) mass is 261 g/mol. The molecule has 0 fully saturated rings. The number of rotatable bonds is 2. The van der Waals surface area contributed by atoms with Crippen LogP contribution in [0.25, 0.3) is 0 Å². The Bertz CT molecular complexity index is 582. The number of pyridine rings is 1. The quantitative estimate of drug-likeness (QED) is 0.613. The Morgan fingerprint density at radius 2 is 1.94 bits per heavy atom. The van der Waals surface area contributed by atoms with Gasteiger partial charge in [0, 0.05) is 6.20 Å². The number of ether oxygens (including phenoxy) is 1. The van der Waals surface area contributed by atoms with Crippen LogP contribution in [-0.2, 0) is 0 Å². The fourth-order valence-electron chi connectivity index (χ4n) is 1.47. The highest BCUT2D eigenvalue weighted by Gasteiger charge is 2.12. The molecule has 1 aromatic heterocycles. The van der Waals surface area contributed by atoms with Gasteiger partial charge in [0.15, 0.2) is 0 Å². The molecule has 0 amide bonds. The molecule has 0 N–H and O–H groups in total. The molecule has 0 radical (unpaired) electrons. The Labute approximate surface area is 110 Å². The second kappa shape index (κ2) is 5.19. The number of carbonyl (C=O) groups is 1.